The predicted octanol–water partition coefficient (Wildman–Crippen LogP) is 4.43. The van der Waals surface area contributed by atoms with E-state index < -0.39 is 4.92 Å². The average molecular weight is 379 g/mol. The van der Waals surface area contributed by atoms with Gasteiger partial charge in [-0.3, -0.25) is 15.1 Å². The molecule has 112 valence electrons. The van der Waals surface area contributed by atoms with Gasteiger partial charge in [-0.1, -0.05) is 11.3 Å². The number of aromatic nitrogens is 2. The number of nitrogens with zero attached hydrogens (tertiary/aromatic N) is 3. The lowest BCUT2D eigenvalue weighted by Crippen LogP contribution is -1.88. The number of benzene rings is 1. The van der Waals surface area contributed by atoms with Gasteiger partial charge >= 0.3 is 0 Å². The summed E-state index contributed by atoms with van der Waals surface area (Å²) in [5, 5.41) is 14.5. The Bertz CT molecular complexity index is 762. The number of halogens is 1. The molecule has 1 N–H and O–H groups in total. The maximum atomic E-state index is 10.6. The summed E-state index contributed by atoms with van der Waals surface area (Å²) in [6.45, 7) is 0. The number of hydrogen-bond acceptors (Lipinski definition) is 6. The summed E-state index contributed by atoms with van der Waals surface area (Å²) in [4.78, 5) is 19.5. The molecule has 0 aliphatic rings. The Kier molecular flexibility index (Phi) is 5.18. The van der Waals surface area contributed by atoms with Gasteiger partial charge < -0.3 is 5.32 Å². The lowest BCUT2D eigenvalue weighted by molar-refractivity contribution is -0.384. The lowest BCUT2D eigenvalue weighted by Gasteiger charge is -2.00. The summed E-state index contributed by atoms with van der Waals surface area (Å²) in [5.74, 6) is 0. The first-order valence-corrected chi connectivity index (χ1v) is 6.92. The van der Waals surface area contributed by atoms with Gasteiger partial charge in [0.1, 0.15) is 0 Å². The number of nitro groups is 1. The van der Waals surface area contributed by atoms with Gasteiger partial charge in [-0.25, -0.2) is 4.98 Å². The van der Waals surface area contributed by atoms with Crippen molar-refractivity contribution in [3.63, 3.8) is 0 Å². The van der Waals surface area contributed by atoms with Crippen molar-refractivity contribution in [2.45, 2.75) is 0 Å². The number of anilines is 2. The first-order valence-electron chi connectivity index (χ1n) is 6.10. The molecule has 0 aliphatic carbocycles. The van der Waals surface area contributed by atoms with E-state index in [2.05, 4.69) is 15.3 Å². The molecule has 0 aliphatic heterocycles. The smallest absolute Gasteiger partial charge is 0.269 e. The van der Waals surface area contributed by atoms with Crippen LogP contribution in [0, 0.1) is 10.1 Å². The molecule has 0 bridgehead atoms. The van der Waals surface area contributed by atoms with Gasteiger partial charge in [0.05, 0.1) is 21.7 Å². The maximum absolute atomic E-state index is 10.6. The largest absolute Gasteiger partial charge is 0.330 e. The third kappa shape index (κ3) is 3.66. The number of nitrogens with one attached hydrogen (secondary N) is 1. The van der Waals surface area contributed by atoms with Crippen molar-refractivity contribution in [2.24, 2.45) is 0 Å². The van der Waals surface area contributed by atoms with Crippen LogP contribution < -0.4 is 5.32 Å². The Morgan fingerprint density at radius 2 is 1.91 bits per heavy atom. The van der Waals surface area contributed by atoms with Crippen LogP contribution in [0.5, 0.6) is 0 Å². The normalized spacial score (nSPS) is 9.82. The zero-order valence-corrected chi connectivity index (χ0v) is 13.7. The van der Waals surface area contributed by atoms with Crippen LogP contribution in [0.2, 0.25) is 0 Å². The van der Waals surface area contributed by atoms with Gasteiger partial charge in [-0.15, -0.1) is 17.0 Å². The van der Waals surface area contributed by atoms with E-state index in [1.54, 1.807) is 30.7 Å². The monoisotopic (exact) mass is 378 g/mol. The van der Waals surface area contributed by atoms with E-state index >= 15 is 0 Å². The number of thiazole rings is 1. The summed E-state index contributed by atoms with van der Waals surface area (Å²) < 4.78 is 0. The van der Waals surface area contributed by atoms with Gasteiger partial charge in [-0.2, -0.15) is 0 Å². The van der Waals surface area contributed by atoms with E-state index in [4.69, 9.17) is 0 Å². The minimum Gasteiger partial charge on any atom is -0.330 e. The van der Waals surface area contributed by atoms with E-state index in [9.17, 15) is 10.1 Å². The Morgan fingerprint density at radius 3 is 2.55 bits per heavy atom. The minimum atomic E-state index is -0.411. The molecule has 0 atom stereocenters. The van der Waals surface area contributed by atoms with E-state index in [1.165, 1.54) is 23.5 Å². The van der Waals surface area contributed by atoms with Crippen LogP contribution in [-0.2, 0) is 0 Å². The van der Waals surface area contributed by atoms with E-state index in [0.717, 1.165) is 21.3 Å². The predicted molar refractivity (Wildman–Crippen MR) is 92.0 cm³/mol. The van der Waals surface area contributed by atoms with Crippen molar-refractivity contribution in [1.29, 1.82) is 0 Å². The van der Waals surface area contributed by atoms with Gasteiger partial charge in [0.15, 0.2) is 5.13 Å². The third-order valence-electron chi connectivity index (χ3n) is 2.78. The molecule has 3 aromatic rings. The number of non-ortho nitro benzene ring substituents is 1. The van der Waals surface area contributed by atoms with Crippen molar-refractivity contribution < 1.29 is 4.92 Å². The van der Waals surface area contributed by atoms with Crippen molar-refractivity contribution in [2.75, 3.05) is 5.32 Å². The van der Waals surface area contributed by atoms with Crippen LogP contribution in [0.3, 0.4) is 0 Å². The average Bonchev–Trinajstić information content (AvgIpc) is 2.97. The third-order valence-corrected chi connectivity index (χ3v) is 3.74. The molecule has 3 rings (SSSR count). The Labute approximate surface area is 140 Å². The van der Waals surface area contributed by atoms with Crippen LogP contribution >= 0.6 is 28.3 Å². The molecule has 6 nitrogen and oxygen atoms in total. The number of pyridine rings is 1. The fraction of sp³-hybridized carbons (Fsp3) is 0. The molecule has 2 aromatic heterocycles. The zero-order valence-electron chi connectivity index (χ0n) is 11.2. The summed E-state index contributed by atoms with van der Waals surface area (Å²) in [7, 11) is 0. The second kappa shape index (κ2) is 7.10. The van der Waals surface area contributed by atoms with Crippen molar-refractivity contribution in [1.82, 2.24) is 9.97 Å². The van der Waals surface area contributed by atoms with Gasteiger partial charge in [-0.05, 0) is 29.8 Å². The molecule has 1 aromatic carbocycles. The highest BCUT2D eigenvalue weighted by Crippen LogP contribution is 2.31. The van der Waals surface area contributed by atoms with Gasteiger partial charge in [0.25, 0.3) is 5.69 Å². The molecule has 0 saturated heterocycles. The zero-order chi connectivity index (χ0) is 14.7. The topological polar surface area (TPSA) is 81.0 Å². The first kappa shape index (κ1) is 16.1. The Hall–Kier alpha value is -2.32. The molecule has 0 spiro atoms. The Balaban J connectivity index is 0.00000176. The summed E-state index contributed by atoms with van der Waals surface area (Å²) in [6, 6.07) is 10.2. The van der Waals surface area contributed by atoms with Crippen LogP contribution in [-0.4, -0.2) is 14.9 Å². The van der Waals surface area contributed by atoms with Crippen molar-refractivity contribution >= 4 is 44.8 Å². The minimum absolute atomic E-state index is 0. The van der Waals surface area contributed by atoms with E-state index in [1.807, 2.05) is 12.1 Å². The molecular formula is C14H11BrN4O2S. The molecule has 0 fully saturated rings. The van der Waals surface area contributed by atoms with Crippen molar-refractivity contribution in [3.8, 4) is 10.4 Å². The SMILES string of the molecule is Br.O=[N+]([O-])c1ccc(-c2cnc(Nc3cccnc3)s2)cc1. The fourth-order valence-electron chi connectivity index (χ4n) is 1.77. The number of nitro benzene ring substituents is 1. The summed E-state index contributed by atoms with van der Waals surface area (Å²) in [6.07, 6.45) is 5.16. The molecule has 0 amide bonds. The molecule has 0 radical (unpaired) electrons. The van der Waals surface area contributed by atoms with Crippen molar-refractivity contribution in [3.05, 3.63) is 65.1 Å². The fourth-order valence-corrected chi connectivity index (χ4v) is 2.61. The van der Waals surface area contributed by atoms with Crippen LogP contribution in [0.1, 0.15) is 0 Å². The van der Waals surface area contributed by atoms with E-state index in [-0.39, 0.29) is 22.7 Å². The summed E-state index contributed by atoms with van der Waals surface area (Å²) in [5.41, 5.74) is 1.84. The quantitative estimate of drug-likeness (QED) is 0.536. The number of rotatable bonds is 4. The standard InChI is InChI=1S/C14H10N4O2S.BrH/c19-18(20)12-5-3-10(4-6-12)13-9-16-14(21-13)17-11-2-1-7-15-8-11;/h1-9H,(H,16,17);1H. The summed E-state index contributed by atoms with van der Waals surface area (Å²) >= 11 is 1.48. The van der Waals surface area contributed by atoms with Crippen LogP contribution in [0.4, 0.5) is 16.5 Å². The molecule has 22 heavy (non-hydrogen) atoms. The second-order valence-electron chi connectivity index (χ2n) is 4.20. The highest BCUT2D eigenvalue weighted by molar-refractivity contribution is 8.93. The van der Waals surface area contributed by atoms with Gasteiger partial charge in [0.2, 0.25) is 0 Å². The Morgan fingerprint density at radius 1 is 1.14 bits per heavy atom. The molecule has 0 unspecified atom stereocenters. The molecular weight excluding hydrogens is 368 g/mol. The number of hydrogen-bond donors (Lipinski definition) is 1. The highest BCUT2D eigenvalue weighted by atomic mass is 79.9. The molecule has 8 heteroatoms. The van der Waals surface area contributed by atoms with Crippen LogP contribution in [0.15, 0.2) is 55.0 Å². The maximum Gasteiger partial charge on any atom is 0.269 e. The molecule has 0 saturated carbocycles. The van der Waals surface area contributed by atoms with E-state index in [0.29, 0.717) is 0 Å². The van der Waals surface area contributed by atoms with Gasteiger partial charge in [0, 0.05) is 24.5 Å². The van der Waals surface area contributed by atoms with Crippen LogP contribution in [0.25, 0.3) is 10.4 Å². The molecule has 2 heterocycles. The lowest BCUT2D eigenvalue weighted by atomic mass is 10.2. The second-order valence-corrected chi connectivity index (χ2v) is 5.23. The highest BCUT2D eigenvalue weighted by Gasteiger charge is 2.08. The first-order chi connectivity index (χ1) is 10.2.